The average Bonchev–Trinajstić information content (AvgIpc) is 3.17. The molecule has 158 valence electrons. The molecule has 28 heavy (non-hydrogen) atoms. The first-order chi connectivity index (χ1) is 12.8. The van der Waals surface area contributed by atoms with Crippen LogP contribution >= 0.6 is 0 Å². The van der Waals surface area contributed by atoms with Gasteiger partial charge in [0.15, 0.2) is 30.1 Å². The van der Waals surface area contributed by atoms with Gasteiger partial charge in [0.25, 0.3) is 0 Å². The minimum atomic E-state index is -1.27. The van der Waals surface area contributed by atoms with Crippen molar-refractivity contribution in [1.29, 1.82) is 0 Å². The van der Waals surface area contributed by atoms with E-state index in [0.29, 0.717) is 0 Å². The molecule has 3 rings (SSSR count). The Hall–Kier alpha value is -1.52. The largest absolute Gasteiger partial charge is 0.455 e. The molecule has 0 bridgehead atoms. The maximum Gasteiger partial charge on any atom is 0.331 e. The van der Waals surface area contributed by atoms with Gasteiger partial charge < -0.3 is 33.7 Å². The van der Waals surface area contributed by atoms with Gasteiger partial charge in [-0.3, -0.25) is 4.79 Å². The van der Waals surface area contributed by atoms with E-state index in [0.717, 1.165) is 6.08 Å². The van der Waals surface area contributed by atoms with E-state index in [9.17, 15) is 9.59 Å². The van der Waals surface area contributed by atoms with Gasteiger partial charge in [-0.05, 0) is 47.6 Å². The first kappa shape index (κ1) is 21.2. The summed E-state index contributed by atoms with van der Waals surface area (Å²) in [6.07, 6.45) is -2.11. The zero-order valence-electron chi connectivity index (χ0n) is 17.1. The highest BCUT2D eigenvalue weighted by Gasteiger charge is 2.60. The summed E-state index contributed by atoms with van der Waals surface area (Å²) < 4.78 is 35.0. The molecule has 0 radical (unpaired) electrons. The van der Waals surface area contributed by atoms with E-state index < -0.39 is 59.7 Å². The predicted molar refractivity (Wildman–Crippen MR) is 95.9 cm³/mol. The van der Waals surface area contributed by atoms with Crippen molar-refractivity contribution in [2.45, 2.75) is 89.4 Å². The number of carbonyl (C=O) groups is 2. The van der Waals surface area contributed by atoms with Crippen LogP contribution in [0.15, 0.2) is 12.7 Å². The second-order valence-corrected chi connectivity index (χ2v) is 8.62. The van der Waals surface area contributed by atoms with Gasteiger partial charge in [-0.2, -0.15) is 0 Å². The lowest BCUT2D eigenvalue weighted by Crippen LogP contribution is -2.54. The van der Waals surface area contributed by atoms with Gasteiger partial charge in [0.1, 0.15) is 17.7 Å². The smallest absolute Gasteiger partial charge is 0.331 e. The lowest BCUT2D eigenvalue weighted by Gasteiger charge is -2.31. The van der Waals surface area contributed by atoms with Gasteiger partial charge in [0, 0.05) is 0 Å². The summed E-state index contributed by atoms with van der Waals surface area (Å²) in [5.74, 6) is -2.74. The minimum absolute atomic E-state index is 0.283. The number of rotatable bonds is 5. The Bertz CT molecular complexity index is 658. The molecular formula is C19H29NO8. The molecule has 0 aromatic heterocycles. The molecule has 3 heterocycles. The van der Waals surface area contributed by atoms with Crippen LogP contribution in [0, 0.1) is 0 Å². The molecule has 3 fully saturated rings. The zero-order valence-corrected chi connectivity index (χ0v) is 17.1. The second kappa shape index (κ2) is 7.07. The molecule has 0 aliphatic carbocycles. The summed E-state index contributed by atoms with van der Waals surface area (Å²) in [5.41, 5.74) is -1.27. The van der Waals surface area contributed by atoms with E-state index in [1.807, 2.05) is 0 Å². The topological polar surface area (TPSA) is 102 Å². The monoisotopic (exact) mass is 399 g/mol. The molecule has 3 saturated heterocycles. The van der Waals surface area contributed by atoms with Crippen LogP contribution in [0.4, 0.5) is 0 Å². The maximum atomic E-state index is 12.8. The molecule has 0 saturated carbocycles. The molecule has 9 nitrogen and oxygen atoms in total. The highest BCUT2D eigenvalue weighted by Crippen LogP contribution is 2.42. The molecule has 0 spiro atoms. The number of nitrogens with one attached hydrogen (secondary N) is 1. The molecule has 5 atom stereocenters. The molecule has 0 aromatic rings. The summed E-state index contributed by atoms with van der Waals surface area (Å²) in [7, 11) is 0. The van der Waals surface area contributed by atoms with Gasteiger partial charge in [-0.15, -0.1) is 0 Å². The van der Waals surface area contributed by atoms with Crippen molar-refractivity contribution in [3.63, 3.8) is 0 Å². The number of fused-ring (bicyclic) bond motifs is 1. The number of hydrogen-bond acceptors (Lipinski definition) is 8. The Kier molecular flexibility index (Phi) is 5.35. The quantitative estimate of drug-likeness (QED) is 0.540. The first-order valence-electron chi connectivity index (χ1n) is 9.32. The van der Waals surface area contributed by atoms with Crippen LogP contribution in [-0.2, 0) is 38.0 Å². The highest BCUT2D eigenvalue weighted by molar-refractivity contribution is 5.92. The van der Waals surface area contributed by atoms with Crippen molar-refractivity contribution in [2.75, 3.05) is 6.61 Å². The fourth-order valence-corrected chi connectivity index (χ4v) is 3.50. The van der Waals surface area contributed by atoms with E-state index in [1.165, 1.54) is 0 Å². The van der Waals surface area contributed by atoms with Gasteiger partial charge in [0.05, 0.1) is 6.61 Å². The van der Waals surface area contributed by atoms with Gasteiger partial charge >= 0.3 is 5.97 Å². The second-order valence-electron chi connectivity index (χ2n) is 8.62. The number of esters is 1. The molecule has 9 heteroatoms. The van der Waals surface area contributed by atoms with E-state index in [4.69, 9.17) is 28.4 Å². The molecule has 3 aliphatic heterocycles. The number of carbonyl (C=O) groups excluding carboxylic acids is 2. The number of ether oxygens (including phenoxy) is 6. The Morgan fingerprint density at radius 1 is 1.11 bits per heavy atom. The maximum absolute atomic E-state index is 12.8. The lowest BCUT2D eigenvalue weighted by molar-refractivity contribution is -0.236. The minimum Gasteiger partial charge on any atom is -0.455 e. The Morgan fingerprint density at radius 3 is 2.36 bits per heavy atom. The lowest BCUT2D eigenvalue weighted by atomic mass is 10.0. The summed E-state index contributed by atoms with van der Waals surface area (Å²) in [5, 5.41) is 2.55. The van der Waals surface area contributed by atoms with Crippen LogP contribution in [0.1, 0.15) is 41.5 Å². The van der Waals surface area contributed by atoms with Crippen LogP contribution < -0.4 is 5.32 Å². The fraction of sp³-hybridized carbons (Fsp3) is 0.789. The molecule has 1 N–H and O–H groups in total. The van der Waals surface area contributed by atoms with Crippen LogP contribution in [0.2, 0.25) is 0 Å². The van der Waals surface area contributed by atoms with E-state index >= 15 is 0 Å². The van der Waals surface area contributed by atoms with E-state index in [1.54, 1.807) is 41.5 Å². The van der Waals surface area contributed by atoms with Crippen LogP contribution in [-0.4, -0.2) is 66.3 Å². The molecular weight excluding hydrogens is 370 g/mol. The fourth-order valence-electron chi connectivity index (χ4n) is 3.50. The highest BCUT2D eigenvalue weighted by atomic mass is 16.8. The Morgan fingerprint density at radius 2 is 1.79 bits per heavy atom. The third-order valence-corrected chi connectivity index (χ3v) is 4.80. The molecule has 1 amide bonds. The third-order valence-electron chi connectivity index (χ3n) is 4.80. The van der Waals surface area contributed by atoms with Crippen molar-refractivity contribution < 1.29 is 38.0 Å². The van der Waals surface area contributed by atoms with Crippen molar-refractivity contribution in [3.05, 3.63) is 12.7 Å². The first-order valence-corrected chi connectivity index (χ1v) is 9.32. The molecule has 0 aromatic carbocycles. The summed E-state index contributed by atoms with van der Waals surface area (Å²) >= 11 is 0. The summed E-state index contributed by atoms with van der Waals surface area (Å²) in [6.45, 7) is 13.9. The standard InChI is InChI=1S/C19H29NO8/c1-8-11(21)20-17(2,3)16(22)25-13-12(10-9-23-18(4,5)26-10)24-15-14(13)27-19(6,7)28-15/h8,10,12-15H,1,9H2,2-7H3,(H,20,21)/t10-,12-,13+,14-,15-/m1/s1. The van der Waals surface area contributed by atoms with Crippen molar-refractivity contribution >= 4 is 11.9 Å². The van der Waals surface area contributed by atoms with Crippen LogP contribution in [0.5, 0.6) is 0 Å². The van der Waals surface area contributed by atoms with E-state index in [-0.39, 0.29) is 6.61 Å². The van der Waals surface area contributed by atoms with Crippen molar-refractivity contribution in [2.24, 2.45) is 0 Å². The predicted octanol–water partition coefficient (Wildman–Crippen LogP) is 1.01. The SMILES string of the molecule is C=CC(=O)NC(C)(C)C(=O)O[C@@H]1[C@H]2OC(C)(C)O[C@H]2O[C@@H]1[C@H]1COC(C)(C)O1. The van der Waals surface area contributed by atoms with Gasteiger partial charge in [-0.25, -0.2) is 4.79 Å². The number of hydrogen-bond donors (Lipinski definition) is 1. The van der Waals surface area contributed by atoms with Crippen LogP contribution in [0.25, 0.3) is 0 Å². The third kappa shape index (κ3) is 4.23. The summed E-state index contributed by atoms with van der Waals surface area (Å²) in [4.78, 5) is 24.5. The average molecular weight is 399 g/mol. The molecule has 0 unspecified atom stereocenters. The zero-order chi connectivity index (χ0) is 20.9. The number of amides is 1. The summed E-state index contributed by atoms with van der Waals surface area (Å²) in [6, 6.07) is 0. The van der Waals surface area contributed by atoms with Gasteiger partial charge in [-0.1, -0.05) is 6.58 Å². The van der Waals surface area contributed by atoms with Gasteiger partial charge in [0.2, 0.25) is 5.91 Å². The van der Waals surface area contributed by atoms with E-state index in [2.05, 4.69) is 11.9 Å². The van der Waals surface area contributed by atoms with Crippen molar-refractivity contribution in [3.8, 4) is 0 Å². The Labute approximate surface area is 164 Å². The normalized spacial score (nSPS) is 36.0. The van der Waals surface area contributed by atoms with Crippen LogP contribution in [0.3, 0.4) is 0 Å². The van der Waals surface area contributed by atoms with Crippen molar-refractivity contribution in [1.82, 2.24) is 5.32 Å². The Balaban J connectivity index is 1.78. The molecule has 3 aliphatic rings.